The van der Waals surface area contributed by atoms with Crippen molar-refractivity contribution in [3.8, 4) is 11.5 Å². The van der Waals surface area contributed by atoms with E-state index in [1.807, 2.05) is 7.05 Å². The number of hydrogen-bond acceptors (Lipinski definition) is 3. The molecule has 0 aromatic heterocycles. The second kappa shape index (κ2) is 5.04. The molecule has 3 nitrogen and oxygen atoms in total. The molecule has 1 atom stereocenters. The Hall–Kier alpha value is -1.22. The molecule has 19 heavy (non-hydrogen) atoms. The molecule has 0 spiro atoms. The van der Waals surface area contributed by atoms with Gasteiger partial charge in [-0.3, -0.25) is 0 Å². The number of nitrogens with one attached hydrogen (secondary N) is 1. The van der Waals surface area contributed by atoms with Crippen LogP contribution in [-0.4, -0.2) is 26.8 Å². The maximum absolute atomic E-state index is 5.95. The summed E-state index contributed by atoms with van der Waals surface area (Å²) >= 11 is 0. The summed E-state index contributed by atoms with van der Waals surface area (Å²) in [5.74, 6) is 3.33. The summed E-state index contributed by atoms with van der Waals surface area (Å²) in [6.07, 6.45) is 2.04. The van der Waals surface area contributed by atoms with E-state index in [-0.39, 0.29) is 0 Å². The van der Waals surface area contributed by atoms with Crippen LogP contribution in [0, 0.1) is 5.92 Å². The minimum absolute atomic E-state index is 0.494. The van der Waals surface area contributed by atoms with Crippen LogP contribution in [0.3, 0.4) is 0 Å². The minimum atomic E-state index is 0.494. The standard InChI is InChI=1S/C16H23NO2/c1-10(2)13(9-17-3)15-12-5-7-18-14(12)8-11-4-6-19-16(11)15/h8,10,13,17H,4-7,9H2,1-3H3. The topological polar surface area (TPSA) is 30.5 Å². The van der Waals surface area contributed by atoms with E-state index in [0.717, 1.165) is 44.1 Å². The van der Waals surface area contributed by atoms with Gasteiger partial charge >= 0.3 is 0 Å². The third-order valence-electron chi connectivity index (χ3n) is 4.29. The predicted molar refractivity (Wildman–Crippen MR) is 76.3 cm³/mol. The third kappa shape index (κ3) is 2.10. The first-order valence-corrected chi connectivity index (χ1v) is 7.31. The minimum Gasteiger partial charge on any atom is -0.493 e. The van der Waals surface area contributed by atoms with E-state index >= 15 is 0 Å². The second-order valence-electron chi connectivity index (χ2n) is 5.86. The van der Waals surface area contributed by atoms with Crippen molar-refractivity contribution >= 4 is 0 Å². The van der Waals surface area contributed by atoms with Crippen molar-refractivity contribution in [1.82, 2.24) is 5.32 Å². The van der Waals surface area contributed by atoms with Crippen LogP contribution in [0.15, 0.2) is 6.07 Å². The molecule has 104 valence electrons. The van der Waals surface area contributed by atoms with E-state index in [1.165, 1.54) is 16.7 Å². The molecule has 1 aromatic carbocycles. The quantitative estimate of drug-likeness (QED) is 0.903. The van der Waals surface area contributed by atoms with Gasteiger partial charge in [-0.1, -0.05) is 13.8 Å². The van der Waals surface area contributed by atoms with Crippen molar-refractivity contribution in [2.45, 2.75) is 32.6 Å². The largest absolute Gasteiger partial charge is 0.493 e. The molecule has 2 aliphatic heterocycles. The van der Waals surface area contributed by atoms with Gasteiger partial charge in [0.1, 0.15) is 11.5 Å². The van der Waals surface area contributed by atoms with Gasteiger partial charge in [0.15, 0.2) is 0 Å². The van der Waals surface area contributed by atoms with Crippen molar-refractivity contribution in [1.29, 1.82) is 0 Å². The number of benzene rings is 1. The van der Waals surface area contributed by atoms with Crippen molar-refractivity contribution in [3.05, 3.63) is 22.8 Å². The van der Waals surface area contributed by atoms with E-state index in [9.17, 15) is 0 Å². The highest BCUT2D eigenvalue weighted by molar-refractivity contribution is 5.58. The molecule has 3 rings (SSSR count). The normalized spacial score (nSPS) is 17.9. The molecule has 0 radical (unpaired) electrons. The molecule has 0 fully saturated rings. The van der Waals surface area contributed by atoms with Crippen LogP contribution in [0.5, 0.6) is 11.5 Å². The summed E-state index contributed by atoms with van der Waals surface area (Å²) in [6, 6.07) is 2.20. The average Bonchev–Trinajstić information content (AvgIpc) is 3.00. The number of hydrogen-bond donors (Lipinski definition) is 1. The molecular formula is C16H23NO2. The Kier molecular flexibility index (Phi) is 3.40. The summed E-state index contributed by atoms with van der Waals surface area (Å²) in [6.45, 7) is 7.20. The predicted octanol–water partition coefficient (Wildman–Crippen LogP) is 2.52. The molecule has 0 saturated carbocycles. The highest BCUT2D eigenvalue weighted by Gasteiger charge is 2.31. The van der Waals surface area contributed by atoms with E-state index in [4.69, 9.17) is 9.47 Å². The molecule has 2 aliphatic rings. The summed E-state index contributed by atoms with van der Waals surface area (Å²) in [5.41, 5.74) is 4.12. The zero-order valence-electron chi connectivity index (χ0n) is 12.1. The lowest BCUT2D eigenvalue weighted by molar-refractivity contribution is 0.345. The first-order valence-electron chi connectivity index (χ1n) is 7.31. The molecule has 1 N–H and O–H groups in total. The lowest BCUT2D eigenvalue weighted by Crippen LogP contribution is -2.23. The first-order chi connectivity index (χ1) is 9.22. The van der Waals surface area contributed by atoms with Crippen LogP contribution in [0.4, 0.5) is 0 Å². The van der Waals surface area contributed by atoms with Crippen molar-refractivity contribution in [3.63, 3.8) is 0 Å². The molecular weight excluding hydrogens is 238 g/mol. The highest BCUT2D eigenvalue weighted by Crippen LogP contribution is 2.45. The van der Waals surface area contributed by atoms with Gasteiger partial charge in [-0.2, -0.15) is 0 Å². The average molecular weight is 261 g/mol. The van der Waals surface area contributed by atoms with Crippen molar-refractivity contribution < 1.29 is 9.47 Å². The molecule has 1 aromatic rings. The maximum atomic E-state index is 5.95. The zero-order chi connectivity index (χ0) is 13.4. The van der Waals surface area contributed by atoms with Crippen LogP contribution in [0.1, 0.15) is 36.5 Å². The van der Waals surface area contributed by atoms with Gasteiger partial charge in [0.05, 0.1) is 13.2 Å². The Labute approximate surface area is 115 Å². The number of ether oxygens (including phenoxy) is 2. The van der Waals surface area contributed by atoms with Crippen molar-refractivity contribution in [2.24, 2.45) is 5.92 Å². The van der Waals surface area contributed by atoms with Gasteiger partial charge in [-0.15, -0.1) is 0 Å². The number of likely N-dealkylation sites (N-methyl/N-ethyl adjacent to an activating group) is 1. The molecule has 2 heterocycles. The van der Waals surface area contributed by atoms with Gasteiger partial charge in [0.2, 0.25) is 0 Å². The molecule has 0 amide bonds. The molecule has 1 unspecified atom stereocenters. The second-order valence-corrected chi connectivity index (χ2v) is 5.86. The van der Waals surface area contributed by atoms with Crippen LogP contribution >= 0.6 is 0 Å². The van der Waals surface area contributed by atoms with Crippen LogP contribution < -0.4 is 14.8 Å². The van der Waals surface area contributed by atoms with Gasteiger partial charge < -0.3 is 14.8 Å². The van der Waals surface area contributed by atoms with E-state index in [1.54, 1.807) is 0 Å². The summed E-state index contributed by atoms with van der Waals surface area (Å²) in [7, 11) is 2.02. The Morgan fingerprint density at radius 3 is 2.74 bits per heavy atom. The summed E-state index contributed by atoms with van der Waals surface area (Å²) < 4.78 is 11.7. The van der Waals surface area contributed by atoms with Crippen LogP contribution in [0.2, 0.25) is 0 Å². The third-order valence-corrected chi connectivity index (χ3v) is 4.29. The summed E-state index contributed by atoms with van der Waals surface area (Å²) in [5, 5.41) is 3.33. The van der Waals surface area contributed by atoms with Gasteiger partial charge in [-0.05, 0) is 19.0 Å². The molecule has 0 saturated heterocycles. The Balaban J connectivity index is 2.13. The Bertz CT molecular complexity index is 450. The smallest absolute Gasteiger partial charge is 0.126 e. The number of rotatable bonds is 4. The van der Waals surface area contributed by atoms with E-state index in [2.05, 4.69) is 25.2 Å². The lowest BCUT2D eigenvalue weighted by atomic mass is 9.83. The lowest BCUT2D eigenvalue weighted by Gasteiger charge is -2.25. The maximum Gasteiger partial charge on any atom is 0.126 e. The van der Waals surface area contributed by atoms with Crippen molar-refractivity contribution in [2.75, 3.05) is 26.8 Å². The SMILES string of the molecule is CNCC(c1c2c(cc3c1OCC3)OCC2)C(C)C. The molecule has 0 aliphatic carbocycles. The van der Waals surface area contributed by atoms with E-state index in [0.29, 0.717) is 11.8 Å². The zero-order valence-corrected chi connectivity index (χ0v) is 12.1. The number of fused-ring (bicyclic) bond motifs is 2. The Morgan fingerprint density at radius 1 is 1.21 bits per heavy atom. The van der Waals surface area contributed by atoms with Gasteiger partial charge in [-0.25, -0.2) is 0 Å². The van der Waals surface area contributed by atoms with Gasteiger partial charge in [0, 0.05) is 42.0 Å². The Morgan fingerprint density at radius 2 is 2.00 bits per heavy atom. The molecule has 3 heteroatoms. The van der Waals surface area contributed by atoms with Crippen LogP contribution in [0.25, 0.3) is 0 Å². The molecule has 0 bridgehead atoms. The van der Waals surface area contributed by atoms with E-state index < -0.39 is 0 Å². The fraction of sp³-hybridized carbons (Fsp3) is 0.625. The van der Waals surface area contributed by atoms with Crippen LogP contribution in [-0.2, 0) is 12.8 Å². The summed E-state index contributed by atoms with van der Waals surface area (Å²) in [4.78, 5) is 0. The monoisotopic (exact) mass is 261 g/mol. The fourth-order valence-corrected chi connectivity index (χ4v) is 3.31. The first kappa shape index (κ1) is 12.8. The van der Waals surface area contributed by atoms with Gasteiger partial charge in [0.25, 0.3) is 0 Å². The highest BCUT2D eigenvalue weighted by atomic mass is 16.5. The fourth-order valence-electron chi connectivity index (χ4n) is 3.31.